The number of fused-ring (bicyclic) bond motifs is 2. The molecule has 4 rings (SSSR count). The van der Waals surface area contributed by atoms with Crippen molar-refractivity contribution in [2.75, 3.05) is 11.9 Å². The Hall–Kier alpha value is -4.26. The maximum absolute atomic E-state index is 12.8. The first-order chi connectivity index (χ1) is 15.9. The minimum absolute atomic E-state index is 0.0125. The van der Waals surface area contributed by atoms with Gasteiger partial charge in [-0.15, -0.1) is 0 Å². The molecule has 33 heavy (non-hydrogen) atoms. The molecule has 1 unspecified atom stereocenters. The topological polar surface area (TPSA) is 98.8 Å². The van der Waals surface area contributed by atoms with Crippen molar-refractivity contribution >= 4 is 29.1 Å². The van der Waals surface area contributed by atoms with Crippen LogP contribution in [0.25, 0.3) is 0 Å². The zero-order valence-corrected chi connectivity index (χ0v) is 17.9. The molecule has 0 spiro atoms. The second kappa shape index (κ2) is 9.48. The number of carbonyl (C=O) groups excluding carboxylic acids is 4. The van der Waals surface area contributed by atoms with Crippen LogP contribution in [-0.2, 0) is 14.3 Å². The van der Waals surface area contributed by atoms with Crippen molar-refractivity contribution in [3.8, 4) is 5.75 Å². The molecule has 0 fully saturated rings. The van der Waals surface area contributed by atoms with Gasteiger partial charge in [0.05, 0.1) is 13.0 Å². The molecule has 0 aromatic heterocycles. The Labute approximate surface area is 190 Å². The predicted octanol–water partition coefficient (Wildman–Crippen LogP) is 3.80. The molecular formula is C26H21NO6. The molecule has 0 saturated carbocycles. The number of hydrogen-bond donors (Lipinski definition) is 1. The number of amides is 1. The van der Waals surface area contributed by atoms with Gasteiger partial charge in [-0.25, -0.2) is 0 Å². The number of esters is 1. The first-order valence-electron chi connectivity index (χ1n) is 10.4. The maximum atomic E-state index is 12.8. The standard InChI is InChI=1S/C26H21NO6/c1-16(33-23(28)13-14-32-18-7-3-2-4-8-18)26(31)27-17-11-12-21-22(15-17)25(30)20-10-6-5-9-19(20)24(21)29/h2-12,15-16H,13-14H2,1H3,(H,27,31). The smallest absolute Gasteiger partial charge is 0.310 e. The Morgan fingerprint density at radius 1 is 0.818 bits per heavy atom. The lowest BCUT2D eigenvalue weighted by Crippen LogP contribution is -2.30. The fourth-order valence-corrected chi connectivity index (χ4v) is 3.50. The molecule has 1 aliphatic carbocycles. The lowest BCUT2D eigenvalue weighted by molar-refractivity contribution is -0.153. The van der Waals surface area contributed by atoms with E-state index in [9.17, 15) is 19.2 Å². The first-order valence-corrected chi connectivity index (χ1v) is 10.4. The number of para-hydroxylation sites is 1. The minimum atomic E-state index is -1.05. The lowest BCUT2D eigenvalue weighted by Gasteiger charge is -2.19. The number of ether oxygens (including phenoxy) is 2. The summed E-state index contributed by atoms with van der Waals surface area (Å²) in [6.07, 6.45) is -1.07. The highest BCUT2D eigenvalue weighted by Crippen LogP contribution is 2.29. The van der Waals surface area contributed by atoms with Crippen LogP contribution in [0.4, 0.5) is 5.69 Å². The van der Waals surface area contributed by atoms with Gasteiger partial charge in [-0.3, -0.25) is 19.2 Å². The first kappa shape index (κ1) is 22.0. The van der Waals surface area contributed by atoms with Crippen molar-refractivity contribution in [3.05, 3.63) is 95.1 Å². The van der Waals surface area contributed by atoms with Gasteiger partial charge >= 0.3 is 5.97 Å². The number of benzene rings is 3. The molecule has 1 N–H and O–H groups in total. The van der Waals surface area contributed by atoms with E-state index in [1.807, 2.05) is 18.2 Å². The molecule has 166 valence electrons. The van der Waals surface area contributed by atoms with Crippen molar-refractivity contribution in [3.63, 3.8) is 0 Å². The van der Waals surface area contributed by atoms with Gasteiger partial charge in [0, 0.05) is 27.9 Å². The fraction of sp³-hybridized carbons (Fsp3) is 0.154. The maximum Gasteiger partial charge on any atom is 0.310 e. The highest BCUT2D eigenvalue weighted by atomic mass is 16.5. The number of rotatable bonds is 7. The van der Waals surface area contributed by atoms with Crippen molar-refractivity contribution in [2.45, 2.75) is 19.4 Å². The van der Waals surface area contributed by atoms with Crippen molar-refractivity contribution < 1.29 is 28.7 Å². The molecule has 7 heteroatoms. The Morgan fingerprint density at radius 3 is 2.12 bits per heavy atom. The Bertz CT molecular complexity index is 1230. The van der Waals surface area contributed by atoms with E-state index in [4.69, 9.17) is 9.47 Å². The van der Waals surface area contributed by atoms with Gasteiger partial charge in [0.2, 0.25) is 0 Å². The zero-order valence-electron chi connectivity index (χ0n) is 17.9. The van der Waals surface area contributed by atoms with Crippen molar-refractivity contribution in [1.29, 1.82) is 0 Å². The molecule has 0 saturated heterocycles. The summed E-state index contributed by atoms with van der Waals surface area (Å²) < 4.78 is 10.6. The normalized spacial score (nSPS) is 12.9. The predicted molar refractivity (Wildman–Crippen MR) is 120 cm³/mol. The summed E-state index contributed by atoms with van der Waals surface area (Å²) in [6.45, 7) is 1.58. The van der Waals surface area contributed by atoms with Crippen LogP contribution >= 0.6 is 0 Å². The molecule has 1 atom stereocenters. The van der Waals surface area contributed by atoms with Gasteiger partial charge in [0.1, 0.15) is 5.75 Å². The minimum Gasteiger partial charge on any atom is -0.493 e. The second-order valence-electron chi connectivity index (χ2n) is 7.50. The van der Waals surface area contributed by atoms with E-state index in [1.165, 1.54) is 25.1 Å². The average Bonchev–Trinajstić information content (AvgIpc) is 2.83. The summed E-state index contributed by atoms with van der Waals surface area (Å²) in [5.41, 5.74) is 1.53. The molecule has 0 radical (unpaired) electrons. The van der Waals surface area contributed by atoms with Crippen LogP contribution in [-0.4, -0.2) is 36.2 Å². The van der Waals surface area contributed by atoms with E-state index in [1.54, 1.807) is 36.4 Å². The Kier molecular flexibility index (Phi) is 6.31. The largest absolute Gasteiger partial charge is 0.493 e. The van der Waals surface area contributed by atoms with Gasteiger partial charge in [0.15, 0.2) is 17.7 Å². The van der Waals surface area contributed by atoms with E-state index in [0.717, 1.165) is 0 Å². The third kappa shape index (κ3) is 4.82. The zero-order chi connectivity index (χ0) is 23.4. The summed E-state index contributed by atoms with van der Waals surface area (Å²) in [4.78, 5) is 50.0. The number of hydrogen-bond acceptors (Lipinski definition) is 6. The van der Waals surface area contributed by atoms with E-state index in [0.29, 0.717) is 22.6 Å². The third-order valence-corrected chi connectivity index (χ3v) is 5.19. The molecule has 3 aromatic carbocycles. The average molecular weight is 443 g/mol. The highest BCUT2D eigenvalue weighted by molar-refractivity contribution is 6.28. The third-order valence-electron chi connectivity index (χ3n) is 5.19. The van der Waals surface area contributed by atoms with Crippen LogP contribution in [0.2, 0.25) is 0 Å². The van der Waals surface area contributed by atoms with Crippen LogP contribution in [0.1, 0.15) is 45.2 Å². The van der Waals surface area contributed by atoms with Gasteiger partial charge < -0.3 is 14.8 Å². The summed E-state index contributed by atoms with van der Waals surface area (Å²) in [7, 11) is 0. The number of nitrogens with one attached hydrogen (secondary N) is 1. The summed E-state index contributed by atoms with van der Waals surface area (Å²) in [6, 6.07) is 20.2. The quantitative estimate of drug-likeness (QED) is 0.436. The molecule has 3 aromatic rings. The SMILES string of the molecule is CC(OC(=O)CCOc1ccccc1)C(=O)Nc1ccc2c(c1)C(=O)c1ccccc1C2=O. The van der Waals surface area contributed by atoms with Crippen LogP contribution in [0.5, 0.6) is 5.75 Å². The van der Waals surface area contributed by atoms with Crippen molar-refractivity contribution in [1.82, 2.24) is 0 Å². The van der Waals surface area contributed by atoms with Crippen LogP contribution in [0, 0.1) is 0 Å². The van der Waals surface area contributed by atoms with Crippen LogP contribution in [0.15, 0.2) is 72.8 Å². The Balaban J connectivity index is 1.35. The summed E-state index contributed by atoms with van der Waals surface area (Å²) in [5, 5.41) is 2.63. The van der Waals surface area contributed by atoms with E-state index in [-0.39, 0.29) is 35.7 Å². The molecule has 1 amide bonds. The molecule has 7 nitrogen and oxygen atoms in total. The van der Waals surface area contributed by atoms with E-state index >= 15 is 0 Å². The summed E-state index contributed by atoms with van der Waals surface area (Å²) >= 11 is 0. The van der Waals surface area contributed by atoms with Crippen LogP contribution < -0.4 is 10.1 Å². The number of ketones is 2. The van der Waals surface area contributed by atoms with E-state index in [2.05, 4.69) is 5.32 Å². The van der Waals surface area contributed by atoms with Crippen molar-refractivity contribution in [2.24, 2.45) is 0 Å². The summed E-state index contributed by atoms with van der Waals surface area (Å²) in [5.74, 6) is -1.01. The molecular weight excluding hydrogens is 422 g/mol. The molecule has 0 heterocycles. The molecule has 1 aliphatic rings. The number of anilines is 1. The van der Waals surface area contributed by atoms with Crippen LogP contribution in [0.3, 0.4) is 0 Å². The van der Waals surface area contributed by atoms with Gasteiger partial charge in [-0.2, -0.15) is 0 Å². The highest BCUT2D eigenvalue weighted by Gasteiger charge is 2.29. The molecule has 0 bridgehead atoms. The van der Waals surface area contributed by atoms with Gasteiger partial charge in [-0.05, 0) is 37.3 Å². The van der Waals surface area contributed by atoms with E-state index < -0.39 is 18.0 Å². The van der Waals surface area contributed by atoms with Gasteiger partial charge in [0.25, 0.3) is 5.91 Å². The molecule has 0 aliphatic heterocycles. The Morgan fingerprint density at radius 2 is 1.42 bits per heavy atom. The second-order valence-corrected chi connectivity index (χ2v) is 7.50. The lowest BCUT2D eigenvalue weighted by atomic mass is 9.84. The monoisotopic (exact) mass is 443 g/mol. The van der Waals surface area contributed by atoms with Gasteiger partial charge in [-0.1, -0.05) is 42.5 Å². The fourth-order valence-electron chi connectivity index (χ4n) is 3.50. The number of carbonyl (C=O) groups is 4.